The van der Waals surface area contributed by atoms with Gasteiger partial charge in [0, 0.05) is 47.4 Å². The Kier molecular flexibility index (Phi) is 6.13. The number of rotatable bonds is 2. The minimum atomic E-state index is -0.457. The molecule has 220 valence electrons. The molecule has 1 aliphatic heterocycles. The Morgan fingerprint density at radius 2 is 1.30 bits per heavy atom. The number of benzene rings is 4. The molecule has 3 heterocycles. The highest BCUT2D eigenvalue weighted by Crippen LogP contribution is 2.44. The number of thiophene rings is 1. The highest BCUT2D eigenvalue weighted by molar-refractivity contribution is 7.26. The summed E-state index contributed by atoms with van der Waals surface area (Å²) in [5.74, 6) is 0. The lowest BCUT2D eigenvalue weighted by Gasteiger charge is -2.32. The molecule has 1 aliphatic rings. The van der Waals surface area contributed by atoms with Crippen LogP contribution in [0.3, 0.4) is 0 Å². The lowest BCUT2D eigenvalue weighted by Crippen LogP contribution is -2.41. The molecule has 1 fully saturated rings. The van der Waals surface area contributed by atoms with Gasteiger partial charge in [0.2, 0.25) is 0 Å². The highest BCUT2D eigenvalue weighted by atomic mass is 32.1. The lowest BCUT2D eigenvalue weighted by molar-refractivity contribution is 0.00578. The maximum atomic E-state index is 6.64. The first-order valence-corrected chi connectivity index (χ1v) is 16.3. The molecular weight excluding hydrogens is 545 g/mol. The first-order chi connectivity index (χ1) is 20.0. The van der Waals surface area contributed by atoms with Crippen LogP contribution in [0.4, 0.5) is 0 Å². The van der Waals surface area contributed by atoms with E-state index in [1.165, 1.54) is 53.2 Å². The predicted molar refractivity (Wildman–Crippen MR) is 187 cm³/mol. The van der Waals surface area contributed by atoms with E-state index in [0.717, 1.165) is 16.5 Å². The number of hydrogen-bond donors (Lipinski definition) is 1. The predicted octanol–water partition coefficient (Wildman–Crippen LogP) is 10.3. The van der Waals surface area contributed by atoms with E-state index in [1.807, 2.05) is 11.3 Å². The zero-order valence-corrected chi connectivity index (χ0v) is 28.0. The Bertz CT molecular complexity index is 2020. The molecule has 3 nitrogen and oxygen atoms in total. The fourth-order valence-electron chi connectivity index (χ4n) is 6.27. The molecule has 0 saturated carbocycles. The Labute approximate surface area is 259 Å². The van der Waals surface area contributed by atoms with Crippen LogP contribution in [-0.4, -0.2) is 23.3 Å². The molecule has 43 heavy (non-hydrogen) atoms. The summed E-state index contributed by atoms with van der Waals surface area (Å²) in [5.41, 5.74) is 7.79. The zero-order chi connectivity index (χ0) is 30.7. The van der Waals surface area contributed by atoms with Crippen LogP contribution in [-0.2, 0) is 20.1 Å². The van der Waals surface area contributed by atoms with Gasteiger partial charge in [0.15, 0.2) is 0 Å². The topological polar surface area (TPSA) is 34.2 Å². The third-order valence-electron chi connectivity index (χ3n) is 9.75. The van der Waals surface area contributed by atoms with Crippen molar-refractivity contribution in [3.63, 3.8) is 0 Å². The van der Waals surface area contributed by atoms with E-state index in [2.05, 4.69) is 141 Å². The molecule has 7 rings (SSSR count). The van der Waals surface area contributed by atoms with Crippen LogP contribution < -0.4 is 5.46 Å². The highest BCUT2D eigenvalue weighted by Gasteiger charge is 2.52. The minimum absolute atomic E-state index is 0.0613. The van der Waals surface area contributed by atoms with Gasteiger partial charge in [-0.25, -0.2) is 0 Å². The molecule has 4 aromatic carbocycles. The van der Waals surface area contributed by atoms with E-state index >= 15 is 0 Å². The fourth-order valence-corrected chi connectivity index (χ4v) is 7.52. The van der Waals surface area contributed by atoms with Crippen molar-refractivity contribution < 1.29 is 9.31 Å². The Balaban J connectivity index is 1.49. The Morgan fingerprint density at radius 1 is 0.674 bits per heavy atom. The maximum Gasteiger partial charge on any atom is 0.497 e. The maximum absolute atomic E-state index is 6.64. The SMILES string of the molecule is CC(C)(C)c1cc(-c2ccc3c(c2)[nH]c2c(B4OC(C)(C)C(C)(C)O4)cc4c5ccccc5sc4c23)cc(C(C)(C)C)c1. The van der Waals surface area contributed by atoms with Gasteiger partial charge in [0.25, 0.3) is 0 Å². The normalized spacial score (nSPS) is 17.2. The summed E-state index contributed by atoms with van der Waals surface area (Å²) in [4.78, 5) is 3.86. The van der Waals surface area contributed by atoms with Crippen LogP contribution in [0.1, 0.15) is 80.4 Å². The second-order valence-corrected chi connectivity index (χ2v) is 16.5. The van der Waals surface area contributed by atoms with Crippen molar-refractivity contribution in [3.05, 3.63) is 77.9 Å². The van der Waals surface area contributed by atoms with Gasteiger partial charge in [0.1, 0.15) is 0 Å². The lowest BCUT2D eigenvalue weighted by atomic mass is 9.77. The summed E-state index contributed by atoms with van der Waals surface area (Å²) >= 11 is 1.87. The molecule has 0 radical (unpaired) electrons. The van der Waals surface area contributed by atoms with E-state index in [0.29, 0.717) is 0 Å². The van der Waals surface area contributed by atoms with Gasteiger partial charge in [-0.3, -0.25) is 0 Å². The molecule has 5 heteroatoms. The monoisotopic (exact) mass is 587 g/mol. The van der Waals surface area contributed by atoms with Crippen LogP contribution in [0.15, 0.2) is 66.7 Å². The number of hydrogen-bond acceptors (Lipinski definition) is 3. The molecule has 0 spiro atoms. The zero-order valence-electron chi connectivity index (χ0n) is 27.2. The number of aromatic nitrogens is 1. The van der Waals surface area contributed by atoms with Crippen molar-refractivity contribution >= 4 is 65.9 Å². The summed E-state index contributed by atoms with van der Waals surface area (Å²) < 4.78 is 15.9. The first-order valence-electron chi connectivity index (χ1n) is 15.5. The van der Waals surface area contributed by atoms with Crippen LogP contribution in [0.2, 0.25) is 0 Å². The van der Waals surface area contributed by atoms with Crippen molar-refractivity contribution in [1.29, 1.82) is 0 Å². The van der Waals surface area contributed by atoms with E-state index < -0.39 is 18.3 Å². The van der Waals surface area contributed by atoms with E-state index in [1.54, 1.807) is 0 Å². The Morgan fingerprint density at radius 3 is 1.93 bits per heavy atom. The molecule has 6 aromatic rings. The molecule has 1 saturated heterocycles. The largest absolute Gasteiger partial charge is 0.497 e. The average molecular weight is 588 g/mol. The number of fused-ring (bicyclic) bond motifs is 7. The quantitative estimate of drug-likeness (QED) is 0.205. The Hall–Kier alpha value is -3.12. The minimum Gasteiger partial charge on any atom is -0.399 e. The van der Waals surface area contributed by atoms with Crippen molar-refractivity contribution in [2.24, 2.45) is 0 Å². The van der Waals surface area contributed by atoms with E-state index in [9.17, 15) is 0 Å². The van der Waals surface area contributed by atoms with Crippen LogP contribution >= 0.6 is 11.3 Å². The van der Waals surface area contributed by atoms with E-state index in [-0.39, 0.29) is 10.8 Å². The van der Waals surface area contributed by atoms with Crippen LogP contribution in [0.5, 0.6) is 0 Å². The van der Waals surface area contributed by atoms with Gasteiger partial charge in [-0.1, -0.05) is 96.1 Å². The van der Waals surface area contributed by atoms with Gasteiger partial charge in [-0.2, -0.15) is 0 Å². The van der Waals surface area contributed by atoms with E-state index in [4.69, 9.17) is 9.31 Å². The average Bonchev–Trinajstić information content (AvgIpc) is 3.54. The van der Waals surface area contributed by atoms with Gasteiger partial charge >= 0.3 is 7.12 Å². The smallest absolute Gasteiger partial charge is 0.399 e. The summed E-state index contributed by atoms with van der Waals surface area (Å²) in [6.45, 7) is 22.3. The first kappa shape index (κ1) is 28.6. The number of H-pyrrole nitrogens is 1. The molecule has 0 aliphatic carbocycles. The van der Waals surface area contributed by atoms with Crippen molar-refractivity contribution in [3.8, 4) is 11.1 Å². The molecule has 0 amide bonds. The summed E-state index contributed by atoms with van der Waals surface area (Å²) in [7, 11) is -0.457. The van der Waals surface area contributed by atoms with Crippen LogP contribution in [0.25, 0.3) is 53.1 Å². The van der Waals surface area contributed by atoms with Gasteiger partial charge < -0.3 is 14.3 Å². The number of nitrogens with one attached hydrogen (secondary N) is 1. The van der Waals surface area contributed by atoms with Gasteiger partial charge in [0.05, 0.1) is 11.2 Å². The third kappa shape index (κ3) is 4.55. The third-order valence-corrected chi connectivity index (χ3v) is 11.0. The fraction of sp³-hybridized carbons (Fsp3) is 0.368. The molecule has 1 N–H and O–H groups in total. The van der Waals surface area contributed by atoms with Gasteiger partial charge in [-0.05, 0) is 72.9 Å². The molecule has 0 atom stereocenters. The summed E-state index contributed by atoms with van der Waals surface area (Å²) in [6.07, 6.45) is 0. The molecule has 0 bridgehead atoms. The standard InChI is InChI=1S/C38H42BNO2S/c1-35(2,3)24-17-23(18-25(20-24)36(4,5)6)22-15-16-27-30(19-22)40-33-29(39-41-37(7,8)38(9,10)42-39)21-28-26-13-11-12-14-31(26)43-34(28)32(27)33/h11-21,40H,1-10H3. The molecule has 0 unspecified atom stereocenters. The van der Waals surface area contributed by atoms with Crippen molar-refractivity contribution in [2.45, 2.75) is 91.3 Å². The molecule has 2 aromatic heterocycles. The van der Waals surface area contributed by atoms with Crippen molar-refractivity contribution in [1.82, 2.24) is 4.98 Å². The van der Waals surface area contributed by atoms with Crippen molar-refractivity contribution in [2.75, 3.05) is 0 Å². The van der Waals surface area contributed by atoms with Crippen LogP contribution in [0, 0.1) is 0 Å². The van der Waals surface area contributed by atoms with Gasteiger partial charge in [-0.15, -0.1) is 11.3 Å². The second-order valence-electron chi connectivity index (χ2n) is 15.5. The molecular formula is C38H42BNO2S. The summed E-state index contributed by atoms with van der Waals surface area (Å²) in [5, 5.41) is 5.03. The summed E-state index contributed by atoms with van der Waals surface area (Å²) in [6, 6.07) is 25.1. The number of aromatic amines is 1. The second kappa shape index (κ2) is 9.20.